The molecule has 2 rings (SSSR count). The Bertz CT molecular complexity index is 389. The lowest BCUT2D eigenvalue weighted by molar-refractivity contribution is 0.221. The minimum absolute atomic E-state index is 0.385. The van der Waals surface area contributed by atoms with Crippen molar-refractivity contribution in [2.75, 3.05) is 24.5 Å². The first-order valence-corrected chi connectivity index (χ1v) is 8.02. The number of anilines is 1. The minimum Gasteiger partial charge on any atom is -0.371 e. The van der Waals surface area contributed by atoms with Gasteiger partial charge in [-0.15, -0.1) is 0 Å². The fraction of sp³-hybridized carbons (Fsp3) is 0.667. The van der Waals surface area contributed by atoms with E-state index >= 15 is 0 Å². The van der Waals surface area contributed by atoms with E-state index in [0.29, 0.717) is 11.5 Å². The van der Waals surface area contributed by atoms with E-state index in [0.717, 1.165) is 12.5 Å². The summed E-state index contributed by atoms with van der Waals surface area (Å²) in [5.74, 6) is 0.722. The lowest BCUT2D eigenvalue weighted by Gasteiger charge is -2.37. The number of rotatable bonds is 5. The molecule has 2 heteroatoms. The van der Waals surface area contributed by atoms with Crippen molar-refractivity contribution in [2.45, 2.75) is 46.6 Å². The molecular weight excluding hydrogens is 244 g/mol. The van der Waals surface area contributed by atoms with Gasteiger partial charge in [0.1, 0.15) is 0 Å². The van der Waals surface area contributed by atoms with E-state index in [1.54, 1.807) is 0 Å². The molecule has 0 amide bonds. The lowest BCUT2D eigenvalue weighted by atomic mass is 9.81. The van der Waals surface area contributed by atoms with E-state index in [4.69, 9.17) is 0 Å². The summed E-state index contributed by atoms with van der Waals surface area (Å²) < 4.78 is 0. The highest BCUT2D eigenvalue weighted by atomic mass is 15.1. The van der Waals surface area contributed by atoms with Crippen LogP contribution >= 0.6 is 0 Å². The summed E-state index contributed by atoms with van der Waals surface area (Å²) in [7, 11) is 0. The van der Waals surface area contributed by atoms with Crippen LogP contribution in [0.3, 0.4) is 0 Å². The second kappa shape index (κ2) is 6.62. The first-order chi connectivity index (χ1) is 9.49. The Labute approximate surface area is 124 Å². The van der Waals surface area contributed by atoms with Gasteiger partial charge in [-0.2, -0.15) is 0 Å². The van der Waals surface area contributed by atoms with Crippen LogP contribution in [0, 0.1) is 11.3 Å². The van der Waals surface area contributed by atoms with Gasteiger partial charge in [0.05, 0.1) is 0 Å². The average molecular weight is 274 g/mol. The number of nitrogens with zero attached hydrogens (tertiary/aromatic N) is 1. The summed E-state index contributed by atoms with van der Waals surface area (Å²) in [5, 5.41) is 3.79. The summed E-state index contributed by atoms with van der Waals surface area (Å²) in [4.78, 5) is 2.51. The van der Waals surface area contributed by atoms with Gasteiger partial charge in [0, 0.05) is 31.4 Å². The molecule has 112 valence electrons. The molecule has 0 unspecified atom stereocenters. The molecule has 1 aliphatic rings. The number of para-hydroxylation sites is 1. The molecule has 0 saturated carbocycles. The molecule has 2 nitrogen and oxygen atoms in total. The van der Waals surface area contributed by atoms with Gasteiger partial charge in [-0.1, -0.05) is 45.9 Å². The Kier molecular flexibility index (Phi) is 5.09. The van der Waals surface area contributed by atoms with E-state index in [1.165, 1.54) is 31.6 Å². The Morgan fingerprint density at radius 1 is 1.15 bits per heavy atom. The predicted molar refractivity (Wildman–Crippen MR) is 88.3 cm³/mol. The van der Waals surface area contributed by atoms with Crippen LogP contribution in [0.1, 0.15) is 40.5 Å². The third-order valence-corrected chi connectivity index (χ3v) is 5.03. The summed E-state index contributed by atoms with van der Waals surface area (Å²) in [6.07, 6.45) is 2.51. The maximum atomic E-state index is 3.79. The van der Waals surface area contributed by atoms with E-state index in [-0.39, 0.29) is 0 Å². The van der Waals surface area contributed by atoms with Crippen LogP contribution in [-0.4, -0.2) is 25.7 Å². The Morgan fingerprint density at radius 2 is 1.75 bits per heavy atom. The van der Waals surface area contributed by atoms with Gasteiger partial charge >= 0.3 is 0 Å². The number of hydrogen-bond acceptors (Lipinski definition) is 2. The van der Waals surface area contributed by atoms with E-state index < -0.39 is 0 Å². The molecule has 0 radical (unpaired) electrons. The van der Waals surface area contributed by atoms with Crippen molar-refractivity contribution in [2.24, 2.45) is 11.3 Å². The van der Waals surface area contributed by atoms with Crippen molar-refractivity contribution in [3.8, 4) is 0 Å². The van der Waals surface area contributed by atoms with Gasteiger partial charge in [-0.25, -0.2) is 0 Å². The first-order valence-electron chi connectivity index (χ1n) is 8.02. The van der Waals surface area contributed by atoms with E-state index in [2.05, 4.69) is 68.2 Å². The van der Waals surface area contributed by atoms with Crippen LogP contribution in [0.25, 0.3) is 0 Å². The Hall–Kier alpha value is -1.02. The predicted octanol–water partition coefficient (Wildman–Crippen LogP) is 3.93. The molecule has 0 aromatic heterocycles. The van der Waals surface area contributed by atoms with Crippen molar-refractivity contribution in [1.82, 2.24) is 5.32 Å². The van der Waals surface area contributed by atoms with Crippen molar-refractivity contribution in [3.05, 3.63) is 30.3 Å². The smallest absolute Gasteiger partial charge is 0.0366 e. The SMILES string of the molecule is CC(C)C(C)(C)CNC1CCN(c2ccccc2)CC1. The highest BCUT2D eigenvalue weighted by Gasteiger charge is 2.25. The van der Waals surface area contributed by atoms with Gasteiger partial charge < -0.3 is 10.2 Å². The fourth-order valence-electron chi connectivity index (χ4n) is 2.59. The first kappa shape index (κ1) is 15.4. The van der Waals surface area contributed by atoms with Crippen molar-refractivity contribution >= 4 is 5.69 Å². The van der Waals surface area contributed by atoms with Crippen LogP contribution in [-0.2, 0) is 0 Å². The molecular formula is C18H30N2. The lowest BCUT2D eigenvalue weighted by Crippen LogP contribution is -2.46. The molecule has 1 saturated heterocycles. The van der Waals surface area contributed by atoms with Crippen molar-refractivity contribution in [1.29, 1.82) is 0 Å². The van der Waals surface area contributed by atoms with E-state index in [9.17, 15) is 0 Å². The molecule has 1 fully saturated rings. The molecule has 0 bridgehead atoms. The van der Waals surface area contributed by atoms with Gasteiger partial charge in [0.15, 0.2) is 0 Å². The number of hydrogen-bond donors (Lipinski definition) is 1. The van der Waals surface area contributed by atoms with Crippen LogP contribution < -0.4 is 10.2 Å². The van der Waals surface area contributed by atoms with Crippen molar-refractivity contribution < 1.29 is 0 Å². The quantitative estimate of drug-likeness (QED) is 0.875. The van der Waals surface area contributed by atoms with Crippen LogP contribution in [0.15, 0.2) is 30.3 Å². The summed E-state index contributed by atoms with van der Waals surface area (Å²) in [6.45, 7) is 12.8. The van der Waals surface area contributed by atoms with Gasteiger partial charge in [0.25, 0.3) is 0 Å². The van der Waals surface area contributed by atoms with Gasteiger partial charge in [-0.3, -0.25) is 0 Å². The fourth-order valence-corrected chi connectivity index (χ4v) is 2.59. The normalized spacial score (nSPS) is 17.8. The molecule has 1 N–H and O–H groups in total. The minimum atomic E-state index is 0.385. The maximum Gasteiger partial charge on any atom is 0.0366 e. The van der Waals surface area contributed by atoms with Gasteiger partial charge in [0.2, 0.25) is 0 Å². The highest BCUT2D eigenvalue weighted by Crippen LogP contribution is 2.26. The summed E-state index contributed by atoms with van der Waals surface area (Å²) in [6, 6.07) is 11.5. The summed E-state index contributed by atoms with van der Waals surface area (Å²) >= 11 is 0. The second-order valence-electron chi connectivity index (χ2n) is 7.12. The number of piperidine rings is 1. The molecule has 1 aromatic carbocycles. The zero-order valence-corrected chi connectivity index (χ0v) is 13.5. The molecule has 0 aliphatic carbocycles. The average Bonchev–Trinajstić information content (AvgIpc) is 2.46. The monoisotopic (exact) mass is 274 g/mol. The van der Waals surface area contributed by atoms with Gasteiger partial charge in [-0.05, 0) is 36.3 Å². The standard InChI is InChI=1S/C18H30N2/c1-15(2)18(3,4)14-19-16-10-12-20(13-11-16)17-8-6-5-7-9-17/h5-9,15-16,19H,10-14H2,1-4H3. The van der Waals surface area contributed by atoms with Crippen LogP contribution in [0.2, 0.25) is 0 Å². The van der Waals surface area contributed by atoms with Crippen LogP contribution in [0.5, 0.6) is 0 Å². The maximum absolute atomic E-state index is 3.79. The third-order valence-electron chi connectivity index (χ3n) is 5.03. The van der Waals surface area contributed by atoms with E-state index in [1.807, 2.05) is 0 Å². The molecule has 1 aromatic rings. The summed E-state index contributed by atoms with van der Waals surface area (Å²) in [5.41, 5.74) is 1.75. The third kappa shape index (κ3) is 3.99. The van der Waals surface area contributed by atoms with Crippen LogP contribution in [0.4, 0.5) is 5.69 Å². The number of nitrogens with one attached hydrogen (secondary N) is 1. The van der Waals surface area contributed by atoms with Crippen molar-refractivity contribution in [3.63, 3.8) is 0 Å². The zero-order valence-electron chi connectivity index (χ0n) is 13.5. The second-order valence-corrected chi connectivity index (χ2v) is 7.12. The Morgan fingerprint density at radius 3 is 2.30 bits per heavy atom. The largest absolute Gasteiger partial charge is 0.371 e. The molecule has 20 heavy (non-hydrogen) atoms. The molecule has 1 aliphatic heterocycles. The highest BCUT2D eigenvalue weighted by molar-refractivity contribution is 5.46. The Balaban J connectivity index is 1.78. The topological polar surface area (TPSA) is 15.3 Å². The zero-order chi connectivity index (χ0) is 14.6. The number of benzene rings is 1. The molecule has 0 spiro atoms. The molecule has 0 atom stereocenters. The molecule has 1 heterocycles.